The molecule has 0 aromatic carbocycles. The topological polar surface area (TPSA) is 20.2 Å². The first-order chi connectivity index (χ1) is 9.95. The van der Waals surface area contributed by atoms with E-state index in [1.54, 1.807) is 0 Å². The van der Waals surface area contributed by atoms with Gasteiger partial charge in [-0.15, -0.1) is 0 Å². The van der Waals surface area contributed by atoms with Gasteiger partial charge in [0.05, 0.1) is 0 Å². The van der Waals surface area contributed by atoms with Crippen molar-refractivity contribution in [3.63, 3.8) is 0 Å². The molecule has 0 aliphatic heterocycles. The molecule has 0 aromatic rings. The molecule has 1 heteroatoms. The highest BCUT2D eigenvalue weighted by Crippen LogP contribution is 2.22. The summed E-state index contributed by atoms with van der Waals surface area (Å²) in [5.74, 6) is 3.36. The van der Waals surface area contributed by atoms with E-state index in [-0.39, 0.29) is 0 Å². The summed E-state index contributed by atoms with van der Waals surface area (Å²) in [6.45, 7) is 12.1. The largest absolute Gasteiger partial charge is 0.396 e. The Hall–Kier alpha value is -0.0400. The fraction of sp³-hybridized carbons (Fsp3) is 1.00. The molecule has 0 radical (unpaired) electrons. The second-order valence-corrected chi connectivity index (χ2v) is 8.01. The zero-order chi connectivity index (χ0) is 16.1. The lowest BCUT2D eigenvalue weighted by atomic mass is 9.91. The predicted octanol–water partition coefficient (Wildman–Crippen LogP) is 6.44. The van der Waals surface area contributed by atoms with Crippen molar-refractivity contribution in [1.82, 2.24) is 0 Å². The van der Waals surface area contributed by atoms with Crippen LogP contribution < -0.4 is 0 Å². The second-order valence-electron chi connectivity index (χ2n) is 8.01. The van der Waals surface area contributed by atoms with Gasteiger partial charge in [0, 0.05) is 6.61 Å². The van der Waals surface area contributed by atoms with Gasteiger partial charge < -0.3 is 5.11 Å². The van der Waals surface area contributed by atoms with Crippen LogP contribution in [-0.4, -0.2) is 11.7 Å². The van der Waals surface area contributed by atoms with Crippen LogP contribution in [0.1, 0.15) is 98.8 Å². The minimum Gasteiger partial charge on any atom is -0.396 e. The van der Waals surface area contributed by atoms with Crippen LogP contribution in [0.4, 0.5) is 0 Å². The first-order valence-electron chi connectivity index (χ1n) is 9.56. The second kappa shape index (κ2) is 13.6. The standard InChI is InChI=1S/C20H42O/c1-17(2)9-6-10-18(3)11-7-12-19(4)13-8-14-20(5)15-16-21/h17-21H,6-16H2,1-5H3/t18-,19-,20+/m0/s1. The Morgan fingerprint density at radius 2 is 0.857 bits per heavy atom. The van der Waals surface area contributed by atoms with Gasteiger partial charge in [-0.3, -0.25) is 0 Å². The maximum atomic E-state index is 8.91. The van der Waals surface area contributed by atoms with Crippen molar-refractivity contribution in [2.45, 2.75) is 98.8 Å². The van der Waals surface area contributed by atoms with Crippen LogP contribution in [0.2, 0.25) is 0 Å². The minimum absolute atomic E-state index is 0.353. The Morgan fingerprint density at radius 3 is 1.19 bits per heavy atom. The third kappa shape index (κ3) is 14.7. The smallest absolute Gasteiger partial charge is 0.0433 e. The van der Waals surface area contributed by atoms with Crippen LogP contribution in [-0.2, 0) is 0 Å². The Kier molecular flexibility index (Phi) is 13.6. The van der Waals surface area contributed by atoms with E-state index >= 15 is 0 Å². The first-order valence-corrected chi connectivity index (χ1v) is 9.56. The monoisotopic (exact) mass is 298 g/mol. The van der Waals surface area contributed by atoms with Gasteiger partial charge in [-0.25, -0.2) is 0 Å². The number of hydrogen-bond acceptors (Lipinski definition) is 1. The molecule has 0 saturated carbocycles. The lowest BCUT2D eigenvalue weighted by Crippen LogP contribution is -2.02. The SMILES string of the molecule is CC(C)CCC[C@H](C)CCC[C@H](C)CCC[C@@H](C)CCO. The number of aliphatic hydroxyl groups excluding tert-OH is 1. The summed E-state index contributed by atoms with van der Waals surface area (Å²) in [7, 11) is 0. The summed E-state index contributed by atoms with van der Waals surface area (Å²) >= 11 is 0. The highest BCUT2D eigenvalue weighted by Gasteiger charge is 2.07. The summed E-state index contributed by atoms with van der Waals surface area (Å²) in [6.07, 6.45) is 13.4. The Morgan fingerprint density at radius 1 is 0.524 bits per heavy atom. The van der Waals surface area contributed by atoms with Crippen LogP contribution >= 0.6 is 0 Å². The molecule has 0 spiro atoms. The number of aliphatic hydroxyl groups is 1. The zero-order valence-corrected chi connectivity index (χ0v) is 15.5. The summed E-state index contributed by atoms with van der Waals surface area (Å²) in [6, 6.07) is 0. The third-order valence-corrected chi connectivity index (χ3v) is 4.89. The fourth-order valence-corrected chi connectivity index (χ4v) is 3.16. The molecule has 0 fully saturated rings. The minimum atomic E-state index is 0.353. The predicted molar refractivity (Wildman–Crippen MR) is 95.6 cm³/mol. The van der Waals surface area contributed by atoms with Crippen molar-refractivity contribution in [2.75, 3.05) is 6.61 Å². The molecule has 0 rings (SSSR count). The Balaban J connectivity index is 3.45. The molecule has 1 N–H and O–H groups in total. The van der Waals surface area contributed by atoms with E-state index in [4.69, 9.17) is 5.11 Å². The van der Waals surface area contributed by atoms with E-state index in [0.29, 0.717) is 12.5 Å². The third-order valence-electron chi connectivity index (χ3n) is 4.89. The fourth-order valence-electron chi connectivity index (χ4n) is 3.16. The normalized spacial score (nSPS) is 16.1. The Bertz CT molecular complexity index is 212. The summed E-state index contributed by atoms with van der Waals surface area (Å²) in [5.41, 5.74) is 0. The molecule has 0 aliphatic rings. The van der Waals surface area contributed by atoms with E-state index in [0.717, 1.165) is 24.2 Å². The van der Waals surface area contributed by atoms with Crippen molar-refractivity contribution < 1.29 is 5.11 Å². The number of hydrogen-bond donors (Lipinski definition) is 1. The van der Waals surface area contributed by atoms with E-state index < -0.39 is 0 Å². The van der Waals surface area contributed by atoms with Crippen LogP contribution in [0.5, 0.6) is 0 Å². The highest BCUT2D eigenvalue weighted by atomic mass is 16.3. The van der Waals surface area contributed by atoms with Crippen LogP contribution in [0, 0.1) is 23.7 Å². The van der Waals surface area contributed by atoms with E-state index in [1.807, 2.05) is 0 Å². The van der Waals surface area contributed by atoms with Crippen LogP contribution in [0.15, 0.2) is 0 Å². The van der Waals surface area contributed by atoms with Gasteiger partial charge in [0.1, 0.15) is 0 Å². The molecule has 0 aliphatic carbocycles. The van der Waals surface area contributed by atoms with Gasteiger partial charge in [-0.1, -0.05) is 92.4 Å². The molecular formula is C20H42O. The number of rotatable bonds is 14. The molecule has 0 saturated heterocycles. The van der Waals surface area contributed by atoms with Crippen molar-refractivity contribution in [2.24, 2.45) is 23.7 Å². The summed E-state index contributed by atoms with van der Waals surface area (Å²) in [5, 5.41) is 8.91. The molecule has 3 atom stereocenters. The molecule has 128 valence electrons. The molecule has 0 unspecified atom stereocenters. The average Bonchev–Trinajstić information content (AvgIpc) is 2.38. The molecule has 0 heterocycles. The summed E-state index contributed by atoms with van der Waals surface area (Å²) in [4.78, 5) is 0. The zero-order valence-electron chi connectivity index (χ0n) is 15.5. The van der Waals surface area contributed by atoms with Gasteiger partial charge >= 0.3 is 0 Å². The average molecular weight is 299 g/mol. The van der Waals surface area contributed by atoms with Crippen molar-refractivity contribution in [1.29, 1.82) is 0 Å². The van der Waals surface area contributed by atoms with Gasteiger partial charge in [0.2, 0.25) is 0 Å². The molecule has 21 heavy (non-hydrogen) atoms. The van der Waals surface area contributed by atoms with Gasteiger partial charge in [0.25, 0.3) is 0 Å². The van der Waals surface area contributed by atoms with Crippen LogP contribution in [0.25, 0.3) is 0 Å². The van der Waals surface area contributed by atoms with Gasteiger partial charge in [0.15, 0.2) is 0 Å². The molecule has 0 amide bonds. The van der Waals surface area contributed by atoms with E-state index in [2.05, 4.69) is 34.6 Å². The highest BCUT2D eigenvalue weighted by molar-refractivity contribution is 4.60. The molecule has 0 bridgehead atoms. The van der Waals surface area contributed by atoms with Crippen molar-refractivity contribution in [3.05, 3.63) is 0 Å². The molecular weight excluding hydrogens is 256 g/mol. The summed E-state index contributed by atoms with van der Waals surface area (Å²) < 4.78 is 0. The Labute approximate surface area is 134 Å². The van der Waals surface area contributed by atoms with Gasteiger partial charge in [-0.2, -0.15) is 0 Å². The first kappa shape index (κ1) is 21.0. The van der Waals surface area contributed by atoms with Gasteiger partial charge in [-0.05, 0) is 30.1 Å². The van der Waals surface area contributed by atoms with Crippen molar-refractivity contribution >= 4 is 0 Å². The van der Waals surface area contributed by atoms with E-state index in [1.165, 1.54) is 57.8 Å². The maximum absolute atomic E-state index is 8.91. The van der Waals surface area contributed by atoms with Crippen LogP contribution in [0.3, 0.4) is 0 Å². The molecule has 0 aromatic heterocycles. The lowest BCUT2D eigenvalue weighted by Gasteiger charge is -2.16. The van der Waals surface area contributed by atoms with E-state index in [9.17, 15) is 0 Å². The lowest BCUT2D eigenvalue weighted by molar-refractivity contribution is 0.255. The van der Waals surface area contributed by atoms with Crippen molar-refractivity contribution in [3.8, 4) is 0 Å². The maximum Gasteiger partial charge on any atom is 0.0433 e. The molecule has 1 nitrogen and oxygen atoms in total. The quantitative estimate of drug-likeness (QED) is 0.391.